The van der Waals surface area contributed by atoms with E-state index in [9.17, 15) is 9.59 Å². The summed E-state index contributed by atoms with van der Waals surface area (Å²) < 4.78 is 4.64. The van der Waals surface area contributed by atoms with Crippen molar-refractivity contribution in [2.24, 2.45) is 5.73 Å². The fourth-order valence-corrected chi connectivity index (χ4v) is 3.31. The van der Waals surface area contributed by atoms with E-state index < -0.39 is 5.97 Å². The molecule has 1 aliphatic rings. The predicted molar refractivity (Wildman–Crippen MR) is 114 cm³/mol. The molecule has 0 bridgehead atoms. The predicted octanol–water partition coefficient (Wildman–Crippen LogP) is 2.51. The molecule has 0 saturated carbocycles. The first-order valence-corrected chi connectivity index (χ1v) is 9.13. The standard InChI is InChI=1S/C21H24N4O3.ClH/c1-28-19(26)14-25-13-12-24(21(25)27)11-10-15-4-2-3-5-18(15)16-6-8-17(9-7-16)20(22)23;/h2-9H,10-14H2,1H3,(H3,22,23);1H. The minimum atomic E-state index is -0.408. The molecule has 0 aromatic heterocycles. The van der Waals surface area contributed by atoms with Crippen LogP contribution in [0.3, 0.4) is 0 Å². The van der Waals surface area contributed by atoms with Crippen LogP contribution in [0.2, 0.25) is 0 Å². The van der Waals surface area contributed by atoms with Gasteiger partial charge < -0.3 is 20.3 Å². The molecule has 0 atom stereocenters. The lowest BCUT2D eigenvalue weighted by molar-refractivity contribution is -0.141. The van der Waals surface area contributed by atoms with Gasteiger partial charge in [0, 0.05) is 25.2 Å². The number of nitrogens with two attached hydrogens (primary N) is 1. The van der Waals surface area contributed by atoms with E-state index in [0.29, 0.717) is 31.6 Å². The number of benzene rings is 2. The number of amidine groups is 1. The van der Waals surface area contributed by atoms with Gasteiger partial charge in [-0.25, -0.2) is 4.79 Å². The van der Waals surface area contributed by atoms with E-state index in [0.717, 1.165) is 16.7 Å². The molecule has 154 valence electrons. The smallest absolute Gasteiger partial charge is 0.325 e. The number of nitrogens with one attached hydrogen (secondary N) is 1. The average molecular weight is 417 g/mol. The Labute approximate surface area is 176 Å². The number of carbonyl (C=O) groups excluding carboxylic acids is 2. The molecule has 2 amide bonds. The summed E-state index contributed by atoms with van der Waals surface area (Å²) in [4.78, 5) is 27.1. The van der Waals surface area contributed by atoms with Gasteiger partial charge in [-0.1, -0.05) is 48.5 Å². The quantitative estimate of drug-likeness (QED) is 0.411. The van der Waals surface area contributed by atoms with Crippen LogP contribution in [-0.2, 0) is 16.0 Å². The topological polar surface area (TPSA) is 99.7 Å². The molecule has 0 aliphatic carbocycles. The van der Waals surface area contributed by atoms with E-state index in [1.165, 1.54) is 12.0 Å². The summed E-state index contributed by atoms with van der Waals surface area (Å²) in [5.74, 6) is -0.363. The molecular formula is C21H25ClN4O3. The van der Waals surface area contributed by atoms with Gasteiger partial charge in [-0.3, -0.25) is 10.2 Å². The van der Waals surface area contributed by atoms with E-state index in [4.69, 9.17) is 11.1 Å². The number of nitrogens with zero attached hydrogens (tertiary/aromatic N) is 2. The Balaban J connectivity index is 0.00000300. The molecule has 2 aromatic carbocycles. The third-order valence-corrected chi connectivity index (χ3v) is 4.90. The molecule has 1 fully saturated rings. The number of ether oxygens (including phenoxy) is 1. The maximum atomic E-state index is 12.4. The molecule has 2 aromatic rings. The Bertz CT molecular complexity index is 886. The number of rotatable bonds is 7. The van der Waals surface area contributed by atoms with Gasteiger partial charge in [0.05, 0.1) is 7.11 Å². The Hall–Kier alpha value is -3.06. The van der Waals surface area contributed by atoms with Gasteiger partial charge in [0.15, 0.2) is 0 Å². The Morgan fingerprint density at radius 2 is 1.76 bits per heavy atom. The van der Waals surface area contributed by atoms with Crippen LogP contribution in [0.1, 0.15) is 11.1 Å². The number of methoxy groups -OCH3 is 1. The van der Waals surface area contributed by atoms with Gasteiger partial charge in [0.1, 0.15) is 12.4 Å². The SMILES string of the molecule is COC(=O)CN1CCN(CCc2ccccc2-c2ccc(C(=N)N)cc2)C1=O.Cl. The lowest BCUT2D eigenvalue weighted by Gasteiger charge is -2.18. The highest BCUT2D eigenvalue weighted by Gasteiger charge is 2.29. The van der Waals surface area contributed by atoms with Crippen molar-refractivity contribution in [2.45, 2.75) is 6.42 Å². The molecule has 0 radical (unpaired) electrons. The highest BCUT2D eigenvalue weighted by atomic mass is 35.5. The maximum absolute atomic E-state index is 12.4. The summed E-state index contributed by atoms with van der Waals surface area (Å²) in [5, 5.41) is 7.51. The molecule has 8 heteroatoms. The van der Waals surface area contributed by atoms with E-state index in [1.54, 1.807) is 4.90 Å². The molecule has 3 N–H and O–H groups in total. The third kappa shape index (κ3) is 5.26. The Morgan fingerprint density at radius 3 is 2.41 bits per heavy atom. The number of esters is 1. The summed E-state index contributed by atoms with van der Waals surface area (Å²) in [5.41, 5.74) is 9.49. The minimum Gasteiger partial charge on any atom is -0.468 e. The summed E-state index contributed by atoms with van der Waals surface area (Å²) in [7, 11) is 1.32. The third-order valence-electron chi connectivity index (χ3n) is 4.90. The minimum absolute atomic E-state index is 0. The van der Waals surface area contributed by atoms with Crippen molar-refractivity contribution in [3.63, 3.8) is 0 Å². The lowest BCUT2D eigenvalue weighted by atomic mass is 9.96. The van der Waals surface area contributed by atoms with E-state index >= 15 is 0 Å². The number of nitrogen functional groups attached to an aromatic ring is 1. The van der Waals surface area contributed by atoms with Gasteiger partial charge in [0.2, 0.25) is 0 Å². The zero-order valence-electron chi connectivity index (χ0n) is 16.3. The number of hydrogen-bond acceptors (Lipinski definition) is 4. The molecule has 0 spiro atoms. The molecule has 7 nitrogen and oxygen atoms in total. The van der Waals surface area contributed by atoms with Crippen LogP contribution in [-0.4, -0.2) is 60.9 Å². The molecule has 1 saturated heterocycles. The highest BCUT2D eigenvalue weighted by molar-refractivity contribution is 5.95. The summed E-state index contributed by atoms with van der Waals surface area (Å²) >= 11 is 0. The average Bonchev–Trinajstić information content (AvgIpc) is 3.06. The normalized spacial score (nSPS) is 13.2. The first-order valence-electron chi connectivity index (χ1n) is 9.13. The van der Waals surface area contributed by atoms with Crippen LogP contribution in [0, 0.1) is 5.41 Å². The van der Waals surface area contributed by atoms with Crippen molar-refractivity contribution in [1.82, 2.24) is 9.80 Å². The van der Waals surface area contributed by atoms with Crippen molar-refractivity contribution in [2.75, 3.05) is 33.3 Å². The molecular weight excluding hydrogens is 392 g/mol. The fourth-order valence-electron chi connectivity index (χ4n) is 3.31. The molecule has 3 rings (SSSR count). The number of urea groups is 1. The summed E-state index contributed by atoms with van der Waals surface area (Å²) in [6, 6.07) is 15.5. The van der Waals surface area contributed by atoms with Gasteiger partial charge in [-0.15, -0.1) is 12.4 Å². The van der Waals surface area contributed by atoms with Gasteiger partial charge in [0.25, 0.3) is 0 Å². The van der Waals surface area contributed by atoms with Crippen molar-refractivity contribution in [3.8, 4) is 11.1 Å². The molecule has 0 unspecified atom stereocenters. The monoisotopic (exact) mass is 416 g/mol. The van der Waals surface area contributed by atoms with Crippen molar-refractivity contribution in [3.05, 3.63) is 59.7 Å². The van der Waals surface area contributed by atoms with Gasteiger partial charge >= 0.3 is 12.0 Å². The van der Waals surface area contributed by atoms with E-state index in [-0.39, 0.29) is 30.8 Å². The Morgan fingerprint density at radius 1 is 1.10 bits per heavy atom. The fraction of sp³-hybridized carbons (Fsp3) is 0.286. The van der Waals surface area contributed by atoms with Crippen LogP contribution in [0.15, 0.2) is 48.5 Å². The van der Waals surface area contributed by atoms with Crippen LogP contribution in [0.25, 0.3) is 11.1 Å². The maximum Gasteiger partial charge on any atom is 0.325 e. The number of halogens is 1. The van der Waals surface area contributed by atoms with Crippen molar-refractivity contribution >= 4 is 30.2 Å². The highest BCUT2D eigenvalue weighted by Crippen LogP contribution is 2.25. The largest absolute Gasteiger partial charge is 0.468 e. The second kappa shape index (κ2) is 9.93. The lowest BCUT2D eigenvalue weighted by Crippen LogP contribution is -2.36. The van der Waals surface area contributed by atoms with E-state index in [2.05, 4.69) is 10.8 Å². The van der Waals surface area contributed by atoms with E-state index in [1.807, 2.05) is 42.5 Å². The number of amides is 2. The zero-order chi connectivity index (χ0) is 20.1. The molecule has 1 heterocycles. The van der Waals surface area contributed by atoms with Gasteiger partial charge in [-0.05, 0) is 23.1 Å². The first kappa shape index (κ1) is 22.2. The zero-order valence-corrected chi connectivity index (χ0v) is 17.1. The van der Waals surface area contributed by atoms with Gasteiger partial charge in [-0.2, -0.15) is 0 Å². The van der Waals surface area contributed by atoms with Crippen LogP contribution < -0.4 is 5.73 Å². The van der Waals surface area contributed by atoms with Crippen molar-refractivity contribution in [1.29, 1.82) is 5.41 Å². The number of carbonyl (C=O) groups is 2. The second-order valence-corrected chi connectivity index (χ2v) is 6.67. The van der Waals surface area contributed by atoms with Crippen LogP contribution >= 0.6 is 12.4 Å². The van der Waals surface area contributed by atoms with Crippen LogP contribution in [0.5, 0.6) is 0 Å². The van der Waals surface area contributed by atoms with Crippen molar-refractivity contribution < 1.29 is 14.3 Å². The van der Waals surface area contributed by atoms with Crippen LogP contribution in [0.4, 0.5) is 4.79 Å². The first-order chi connectivity index (χ1) is 13.5. The summed E-state index contributed by atoms with van der Waals surface area (Å²) in [6.45, 7) is 1.71. The Kier molecular flexibility index (Phi) is 7.61. The number of hydrogen-bond donors (Lipinski definition) is 2. The molecule has 29 heavy (non-hydrogen) atoms. The molecule has 1 aliphatic heterocycles. The summed E-state index contributed by atoms with van der Waals surface area (Å²) in [6.07, 6.45) is 0.711. The second-order valence-electron chi connectivity index (χ2n) is 6.67.